The van der Waals surface area contributed by atoms with Crippen molar-refractivity contribution < 1.29 is 5.11 Å². The zero-order valence-corrected chi connectivity index (χ0v) is 6.09. The molecule has 0 saturated heterocycles. The molecule has 0 amide bonds. The molecular formula is C8H14O. The highest BCUT2D eigenvalue weighted by atomic mass is 16.3. The third kappa shape index (κ3) is 0.897. The molecule has 0 bridgehead atoms. The van der Waals surface area contributed by atoms with Gasteiger partial charge in [-0.1, -0.05) is 19.9 Å². The van der Waals surface area contributed by atoms with Gasteiger partial charge in [0.05, 0.1) is 6.10 Å². The summed E-state index contributed by atoms with van der Waals surface area (Å²) in [5, 5.41) is 9.14. The van der Waals surface area contributed by atoms with E-state index in [0.717, 1.165) is 6.42 Å². The summed E-state index contributed by atoms with van der Waals surface area (Å²) in [5.74, 6) is 0.451. The average Bonchev–Trinajstić information content (AvgIpc) is 2.41. The first-order chi connectivity index (χ1) is 4.11. The van der Waals surface area contributed by atoms with Crippen LogP contribution in [0.25, 0.3) is 0 Å². The van der Waals surface area contributed by atoms with Crippen LogP contribution in [-0.4, -0.2) is 11.2 Å². The number of aliphatic hydroxyl groups is 1. The Bertz CT molecular complexity index is 131. The van der Waals surface area contributed by atoms with Crippen LogP contribution in [0.2, 0.25) is 0 Å². The second kappa shape index (κ2) is 1.84. The third-order valence-corrected chi connectivity index (χ3v) is 2.63. The fraction of sp³-hybridized carbons (Fsp3) is 0.750. The summed E-state index contributed by atoms with van der Waals surface area (Å²) in [5.41, 5.74) is 0.155. The molecule has 1 fully saturated rings. The molecular weight excluding hydrogens is 112 g/mol. The van der Waals surface area contributed by atoms with Gasteiger partial charge in [0.2, 0.25) is 0 Å². The molecule has 3 atom stereocenters. The molecule has 0 aromatic heterocycles. The van der Waals surface area contributed by atoms with Crippen LogP contribution in [0.4, 0.5) is 0 Å². The molecule has 9 heavy (non-hydrogen) atoms. The lowest BCUT2D eigenvalue weighted by atomic mass is 9.93. The van der Waals surface area contributed by atoms with E-state index in [4.69, 9.17) is 5.11 Å². The molecule has 1 aliphatic rings. The second-order valence-electron chi connectivity index (χ2n) is 3.25. The molecule has 1 aliphatic carbocycles. The smallest absolute Gasteiger partial charge is 0.0606 e. The molecule has 0 spiro atoms. The molecule has 0 aromatic rings. The minimum atomic E-state index is -0.0782. The van der Waals surface area contributed by atoms with E-state index in [2.05, 4.69) is 20.4 Å². The lowest BCUT2D eigenvalue weighted by Crippen LogP contribution is -2.10. The molecule has 2 unspecified atom stereocenters. The van der Waals surface area contributed by atoms with E-state index in [1.54, 1.807) is 0 Å². The highest BCUT2D eigenvalue weighted by Gasteiger charge is 2.51. The number of allylic oxidation sites excluding steroid dienone is 1. The van der Waals surface area contributed by atoms with Crippen molar-refractivity contribution in [3.05, 3.63) is 12.7 Å². The Morgan fingerprint density at radius 2 is 2.33 bits per heavy atom. The fourth-order valence-corrected chi connectivity index (χ4v) is 1.12. The summed E-state index contributed by atoms with van der Waals surface area (Å²) in [6.07, 6.45) is 2.78. The lowest BCUT2D eigenvalue weighted by molar-refractivity contribution is 0.207. The number of aliphatic hydroxyl groups excluding tert-OH is 1. The molecule has 1 rings (SSSR count). The van der Waals surface area contributed by atoms with Gasteiger partial charge in [-0.25, -0.2) is 0 Å². The van der Waals surface area contributed by atoms with Crippen LogP contribution in [0.15, 0.2) is 12.7 Å². The number of hydrogen-bond donors (Lipinski definition) is 1. The van der Waals surface area contributed by atoms with Crippen molar-refractivity contribution in [3.63, 3.8) is 0 Å². The van der Waals surface area contributed by atoms with Crippen LogP contribution in [0.3, 0.4) is 0 Å². The van der Waals surface area contributed by atoms with Crippen LogP contribution in [0.1, 0.15) is 20.3 Å². The van der Waals surface area contributed by atoms with Crippen LogP contribution in [0, 0.1) is 11.3 Å². The molecule has 1 heteroatoms. The quantitative estimate of drug-likeness (QED) is 0.557. The zero-order valence-electron chi connectivity index (χ0n) is 6.09. The Morgan fingerprint density at radius 1 is 1.89 bits per heavy atom. The Morgan fingerprint density at radius 3 is 2.44 bits per heavy atom. The van der Waals surface area contributed by atoms with Crippen LogP contribution < -0.4 is 0 Å². The summed E-state index contributed by atoms with van der Waals surface area (Å²) >= 11 is 0. The summed E-state index contributed by atoms with van der Waals surface area (Å²) in [6, 6.07) is 0. The largest absolute Gasteiger partial charge is 0.393 e. The highest BCUT2D eigenvalue weighted by Crippen LogP contribution is 2.51. The lowest BCUT2D eigenvalue weighted by Gasteiger charge is -2.13. The topological polar surface area (TPSA) is 20.2 Å². The molecule has 0 heterocycles. The fourth-order valence-electron chi connectivity index (χ4n) is 1.12. The maximum absolute atomic E-state index is 9.14. The maximum atomic E-state index is 9.14. The molecule has 1 saturated carbocycles. The molecule has 52 valence electrons. The molecule has 0 aromatic carbocycles. The van der Waals surface area contributed by atoms with E-state index in [1.807, 2.05) is 6.08 Å². The van der Waals surface area contributed by atoms with Crippen molar-refractivity contribution in [1.29, 1.82) is 0 Å². The van der Waals surface area contributed by atoms with Gasteiger partial charge < -0.3 is 5.11 Å². The van der Waals surface area contributed by atoms with Gasteiger partial charge in [0.1, 0.15) is 0 Å². The Balaban J connectivity index is 2.52. The van der Waals surface area contributed by atoms with Crippen LogP contribution >= 0.6 is 0 Å². The molecule has 1 nitrogen and oxygen atoms in total. The van der Waals surface area contributed by atoms with Crippen molar-refractivity contribution in [2.45, 2.75) is 26.4 Å². The van der Waals surface area contributed by atoms with Crippen LogP contribution in [0.5, 0.6) is 0 Å². The van der Waals surface area contributed by atoms with Gasteiger partial charge in [-0.15, -0.1) is 6.58 Å². The Hall–Kier alpha value is -0.300. The predicted octanol–water partition coefficient (Wildman–Crippen LogP) is 1.58. The second-order valence-corrected chi connectivity index (χ2v) is 3.25. The van der Waals surface area contributed by atoms with Gasteiger partial charge in [-0.3, -0.25) is 0 Å². The zero-order chi connectivity index (χ0) is 7.07. The number of rotatable bonds is 2. The maximum Gasteiger partial charge on any atom is 0.0606 e. The first-order valence-electron chi connectivity index (χ1n) is 3.42. The van der Waals surface area contributed by atoms with Gasteiger partial charge in [0.25, 0.3) is 0 Å². The summed E-state index contributed by atoms with van der Waals surface area (Å²) < 4.78 is 0. The standard InChI is InChI=1S/C8H14O/c1-4-6(2)8(3)5-7(8)9/h4,6-7,9H,1,5H2,2-3H3/t6?,7?,8-/m0/s1. The Kier molecular flexibility index (Phi) is 1.39. The highest BCUT2D eigenvalue weighted by molar-refractivity contribution is 5.06. The summed E-state index contributed by atoms with van der Waals surface area (Å²) in [4.78, 5) is 0. The van der Waals surface area contributed by atoms with E-state index in [0.29, 0.717) is 5.92 Å². The van der Waals surface area contributed by atoms with Crippen molar-refractivity contribution in [2.24, 2.45) is 11.3 Å². The monoisotopic (exact) mass is 126 g/mol. The average molecular weight is 126 g/mol. The SMILES string of the molecule is C=CC(C)[C@]1(C)CC1O. The molecule has 0 aliphatic heterocycles. The van der Waals surface area contributed by atoms with Gasteiger partial charge in [-0.05, 0) is 12.3 Å². The van der Waals surface area contributed by atoms with Crippen molar-refractivity contribution >= 4 is 0 Å². The van der Waals surface area contributed by atoms with E-state index in [-0.39, 0.29) is 11.5 Å². The van der Waals surface area contributed by atoms with Crippen molar-refractivity contribution in [3.8, 4) is 0 Å². The van der Waals surface area contributed by atoms with Gasteiger partial charge >= 0.3 is 0 Å². The Labute approximate surface area is 56.4 Å². The minimum Gasteiger partial charge on any atom is -0.393 e. The minimum absolute atomic E-state index is 0.0782. The summed E-state index contributed by atoms with van der Waals surface area (Å²) in [7, 11) is 0. The molecule has 0 radical (unpaired) electrons. The van der Waals surface area contributed by atoms with E-state index in [9.17, 15) is 0 Å². The normalized spacial score (nSPS) is 44.1. The van der Waals surface area contributed by atoms with Gasteiger partial charge in [-0.2, -0.15) is 0 Å². The van der Waals surface area contributed by atoms with Crippen LogP contribution in [-0.2, 0) is 0 Å². The van der Waals surface area contributed by atoms with Gasteiger partial charge in [0, 0.05) is 5.41 Å². The first-order valence-corrected chi connectivity index (χ1v) is 3.42. The summed E-state index contributed by atoms with van der Waals surface area (Å²) in [6.45, 7) is 7.89. The van der Waals surface area contributed by atoms with E-state index in [1.165, 1.54) is 0 Å². The van der Waals surface area contributed by atoms with Gasteiger partial charge in [0.15, 0.2) is 0 Å². The van der Waals surface area contributed by atoms with E-state index < -0.39 is 0 Å². The third-order valence-electron chi connectivity index (χ3n) is 2.63. The van der Waals surface area contributed by atoms with Crippen molar-refractivity contribution in [2.75, 3.05) is 0 Å². The first kappa shape index (κ1) is 6.81. The number of hydrogen-bond acceptors (Lipinski definition) is 1. The predicted molar refractivity (Wildman–Crippen MR) is 38.1 cm³/mol. The molecule has 1 N–H and O–H groups in total. The van der Waals surface area contributed by atoms with Crippen molar-refractivity contribution in [1.82, 2.24) is 0 Å². The van der Waals surface area contributed by atoms with E-state index >= 15 is 0 Å².